The van der Waals surface area contributed by atoms with Gasteiger partial charge in [-0.05, 0) is 50.2 Å². The summed E-state index contributed by atoms with van der Waals surface area (Å²) in [6.45, 7) is 3.96. The van der Waals surface area contributed by atoms with E-state index in [2.05, 4.69) is 5.32 Å². The number of halogens is 1. The molecule has 2 aromatic carbocycles. The largest absolute Gasteiger partial charge is 0.362 e. The summed E-state index contributed by atoms with van der Waals surface area (Å²) in [5.74, 6) is -0.00771. The van der Waals surface area contributed by atoms with Gasteiger partial charge in [-0.1, -0.05) is 23.7 Å². The fourth-order valence-electron chi connectivity index (χ4n) is 2.57. The van der Waals surface area contributed by atoms with Gasteiger partial charge in [0, 0.05) is 16.4 Å². The van der Waals surface area contributed by atoms with Crippen LogP contribution in [0, 0.1) is 0 Å². The highest BCUT2D eigenvalue weighted by atomic mass is 35.5. The maximum absolute atomic E-state index is 12.8. The summed E-state index contributed by atoms with van der Waals surface area (Å²) < 4.78 is 0. The van der Waals surface area contributed by atoms with E-state index in [1.807, 2.05) is 50.2 Å². The van der Waals surface area contributed by atoms with Gasteiger partial charge in [0.15, 0.2) is 0 Å². The zero-order valence-electron chi connectivity index (χ0n) is 11.4. The van der Waals surface area contributed by atoms with E-state index in [0.29, 0.717) is 10.6 Å². The predicted molar refractivity (Wildman–Crippen MR) is 82.4 cm³/mol. The molecule has 0 saturated carbocycles. The van der Waals surface area contributed by atoms with Crippen LogP contribution in [0.2, 0.25) is 5.02 Å². The van der Waals surface area contributed by atoms with Gasteiger partial charge in [-0.2, -0.15) is 0 Å². The first kappa shape index (κ1) is 13.0. The number of hydrogen-bond acceptors (Lipinski definition) is 2. The average Bonchev–Trinajstić information content (AvgIpc) is 2.40. The fraction of sp³-hybridized carbons (Fsp3) is 0.188. The molecular formula is C16H15ClN2O. The first-order chi connectivity index (χ1) is 9.49. The lowest BCUT2D eigenvalue weighted by atomic mass is 10.0. The molecule has 1 amide bonds. The molecule has 0 bridgehead atoms. The van der Waals surface area contributed by atoms with Crippen molar-refractivity contribution in [3.8, 4) is 0 Å². The molecule has 2 aromatic rings. The van der Waals surface area contributed by atoms with E-state index in [9.17, 15) is 4.79 Å². The van der Waals surface area contributed by atoms with Crippen molar-refractivity contribution in [2.75, 3.05) is 10.2 Å². The Bertz CT molecular complexity index is 664. The second-order valence-electron chi connectivity index (χ2n) is 5.35. The maximum Gasteiger partial charge on any atom is 0.262 e. The number of carbonyl (C=O) groups excluding carboxylic acids is 1. The lowest BCUT2D eigenvalue weighted by molar-refractivity contribution is 0.0961. The number of nitrogens with zero attached hydrogens (tertiary/aromatic N) is 1. The minimum atomic E-state index is -0.501. The van der Waals surface area contributed by atoms with E-state index >= 15 is 0 Å². The van der Waals surface area contributed by atoms with Gasteiger partial charge < -0.3 is 5.32 Å². The van der Waals surface area contributed by atoms with Gasteiger partial charge in [0.05, 0.1) is 5.56 Å². The average molecular weight is 287 g/mol. The van der Waals surface area contributed by atoms with Crippen LogP contribution in [-0.2, 0) is 0 Å². The molecule has 3 nitrogen and oxygen atoms in total. The number of fused-ring (bicyclic) bond motifs is 1. The summed E-state index contributed by atoms with van der Waals surface area (Å²) in [5, 5.41) is 4.06. The van der Waals surface area contributed by atoms with E-state index in [4.69, 9.17) is 11.6 Å². The van der Waals surface area contributed by atoms with E-state index in [1.165, 1.54) is 0 Å². The van der Waals surface area contributed by atoms with Crippen LogP contribution < -0.4 is 10.2 Å². The molecule has 0 unspecified atom stereocenters. The van der Waals surface area contributed by atoms with Crippen LogP contribution in [0.3, 0.4) is 0 Å². The number of carbonyl (C=O) groups is 1. The first-order valence-corrected chi connectivity index (χ1v) is 6.84. The molecule has 1 N–H and O–H groups in total. The minimum absolute atomic E-state index is 0.00771. The van der Waals surface area contributed by atoms with Gasteiger partial charge in [0.2, 0.25) is 0 Å². The van der Waals surface area contributed by atoms with Crippen molar-refractivity contribution >= 4 is 28.9 Å². The van der Waals surface area contributed by atoms with E-state index in [0.717, 1.165) is 11.4 Å². The zero-order valence-corrected chi connectivity index (χ0v) is 12.1. The van der Waals surface area contributed by atoms with Gasteiger partial charge >= 0.3 is 0 Å². The molecule has 0 fully saturated rings. The van der Waals surface area contributed by atoms with Crippen molar-refractivity contribution in [3.05, 3.63) is 59.1 Å². The van der Waals surface area contributed by atoms with Gasteiger partial charge in [-0.25, -0.2) is 0 Å². The number of benzene rings is 2. The van der Waals surface area contributed by atoms with Gasteiger partial charge in [-0.15, -0.1) is 0 Å². The highest BCUT2D eigenvalue weighted by Gasteiger charge is 2.38. The Morgan fingerprint density at radius 1 is 1.05 bits per heavy atom. The van der Waals surface area contributed by atoms with Crippen molar-refractivity contribution < 1.29 is 4.79 Å². The molecule has 4 heteroatoms. The molecule has 0 radical (unpaired) electrons. The molecule has 3 rings (SSSR count). The van der Waals surface area contributed by atoms with Crippen LogP contribution in [0.1, 0.15) is 24.2 Å². The molecule has 1 heterocycles. The Balaban J connectivity index is 2.11. The van der Waals surface area contributed by atoms with Crippen LogP contribution in [0.25, 0.3) is 0 Å². The molecule has 1 aliphatic heterocycles. The Kier molecular flexibility index (Phi) is 2.94. The Morgan fingerprint density at radius 3 is 2.40 bits per heavy atom. The summed E-state index contributed by atoms with van der Waals surface area (Å²) in [5.41, 5.74) is 1.88. The Labute approximate surface area is 123 Å². The smallest absolute Gasteiger partial charge is 0.262 e. The highest BCUT2D eigenvalue weighted by molar-refractivity contribution is 6.30. The van der Waals surface area contributed by atoms with E-state index in [1.54, 1.807) is 17.0 Å². The van der Waals surface area contributed by atoms with Crippen LogP contribution in [0.4, 0.5) is 11.4 Å². The Morgan fingerprint density at radius 2 is 1.70 bits per heavy atom. The zero-order chi connectivity index (χ0) is 14.3. The third-order valence-corrected chi connectivity index (χ3v) is 3.70. The molecule has 20 heavy (non-hydrogen) atoms. The van der Waals surface area contributed by atoms with E-state index < -0.39 is 5.66 Å². The maximum atomic E-state index is 12.8. The number of rotatable bonds is 1. The first-order valence-electron chi connectivity index (χ1n) is 6.46. The highest BCUT2D eigenvalue weighted by Crippen LogP contribution is 2.34. The minimum Gasteiger partial charge on any atom is -0.362 e. The summed E-state index contributed by atoms with van der Waals surface area (Å²) in [4.78, 5) is 14.5. The summed E-state index contributed by atoms with van der Waals surface area (Å²) in [6.07, 6.45) is 0. The predicted octanol–water partition coefficient (Wildman–Crippen LogP) is 4.15. The van der Waals surface area contributed by atoms with Crippen molar-refractivity contribution in [1.29, 1.82) is 0 Å². The summed E-state index contributed by atoms with van der Waals surface area (Å²) in [7, 11) is 0. The third-order valence-electron chi connectivity index (χ3n) is 3.44. The number of para-hydroxylation sites is 1. The van der Waals surface area contributed by atoms with Gasteiger partial charge in [0.1, 0.15) is 5.66 Å². The molecule has 0 spiro atoms. The SMILES string of the molecule is CC1(C)Nc2ccccc2C(=O)N1c1ccc(Cl)cc1. The molecule has 1 aliphatic rings. The topological polar surface area (TPSA) is 32.3 Å². The molecule has 0 atom stereocenters. The van der Waals surface area contributed by atoms with Gasteiger partial charge in [0.25, 0.3) is 5.91 Å². The molecule has 0 aromatic heterocycles. The second-order valence-corrected chi connectivity index (χ2v) is 5.78. The number of nitrogens with one attached hydrogen (secondary N) is 1. The lowest BCUT2D eigenvalue weighted by Gasteiger charge is -2.44. The number of anilines is 2. The number of hydrogen-bond donors (Lipinski definition) is 1. The summed E-state index contributed by atoms with van der Waals surface area (Å²) >= 11 is 5.92. The third kappa shape index (κ3) is 2.04. The van der Waals surface area contributed by atoms with Crippen molar-refractivity contribution in [2.24, 2.45) is 0 Å². The van der Waals surface area contributed by atoms with Crippen molar-refractivity contribution in [2.45, 2.75) is 19.5 Å². The van der Waals surface area contributed by atoms with Crippen LogP contribution in [0.15, 0.2) is 48.5 Å². The van der Waals surface area contributed by atoms with Crippen molar-refractivity contribution in [3.63, 3.8) is 0 Å². The quantitative estimate of drug-likeness (QED) is 0.854. The molecular weight excluding hydrogens is 272 g/mol. The Hall–Kier alpha value is -2.00. The lowest BCUT2D eigenvalue weighted by Crippen LogP contribution is -2.56. The molecule has 0 saturated heterocycles. The van der Waals surface area contributed by atoms with Crippen LogP contribution in [0.5, 0.6) is 0 Å². The molecule has 102 valence electrons. The summed E-state index contributed by atoms with van der Waals surface area (Å²) in [6, 6.07) is 14.9. The molecule has 0 aliphatic carbocycles. The fourth-order valence-corrected chi connectivity index (χ4v) is 2.69. The normalized spacial score (nSPS) is 16.6. The van der Waals surface area contributed by atoms with Crippen molar-refractivity contribution in [1.82, 2.24) is 0 Å². The van der Waals surface area contributed by atoms with Crippen LogP contribution in [-0.4, -0.2) is 11.6 Å². The monoisotopic (exact) mass is 286 g/mol. The van der Waals surface area contributed by atoms with Crippen LogP contribution >= 0.6 is 11.6 Å². The second kappa shape index (κ2) is 4.53. The van der Waals surface area contributed by atoms with E-state index in [-0.39, 0.29) is 5.91 Å². The van der Waals surface area contributed by atoms with Gasteiger partial charge in [-0.3, -0.25) is 9.69 Å². The number of amides is 1. The standard InChI is InChI=1S/C16H15ClN2O/c1-16(2)18-14-6-4-3-5-13(14)15(20)19(16)12-9-7-11(17)8-10-12/h3-10,18H,1-2H3.